The summed E-state index contributed by atoms with van der Waals surface area (Å²) in [6.45, 7) is 12.6. The van der Waals surface area contributed by atoms with Crippen LogP contribution in [0.4, 0.5) is 0 Å². The van der Waals surface area contributed by atoms with Crippen LogP contribution < -0.4 is 17.1 Å². The van der Waals surface area contributed by atoms with Gasteiger partial charge in [-0.25, -0.2) is 5.84 Å². The summed E-state index contributed by atoms with van der Waals surface area (Å²) in [5.41, 5.74) is 8.07. The normalized spacial score (nSPS) is 11.5. The van der Waals surface area contributed by atoms with E-state index in [1.165, 1.54) is 5.56 Å². The third-order valence-corrected chi connectivity index (χ3v) is 6.71. The Balaban J connectivity index is 0.00000176. The topological polar surface area (TPSA) is 76.4 Å². The number of hydrogen-bond donors (Lipinski definition) is 3. The molecular weight excluding hydrogens is 459 g/mol. The van der Waals surface area contributed by atoms with Crippen LogP contribution in [0.1, 0.15) is 70.1 Å². The first-order chi connectivity index (χ1) is 15.3. The van der Waals surface area contributed by atoms with E-state index in [4.69, 9.17) is 34.9 Å². The largest absolute Gasteiger partial charge is 0.321 e. The van der Waals surface area contributed by atoms with Crippen LogP contribution in [0.2, 0.25) is 10.0 Å². The zero-order chi connectivity index (χ0) is 24.0. The van der Waals surface area contributed by atoms with Gasteiger partial charge in [-0.05, 0) is 64.4 Å². The summed E-state index contributed by atoms with van der Waals surface area (Å²) < 4.78 is 0. The highest BCUT2D eigenvalue weighted by molar-refractivity contribution is 7.19. The number of hydrogen-bond acceptors (Lipinski definition) is 4. The van der Waals surface area contributed by atoms with E-state index in [1.807, 2.05) is 44.2 Å². The monoisotopic (exact) mass is 490 g/mol. The number of amidine groups is 1. The minimum absolute atomic E-state index is 0.294. The maximum atomic E-state index is 6.29. The number of halogens is 2. The van der Waals surface area contributed by atoms with Crippen molar-refractivity contribution < 1.29 is 0 Å². The van der Waals surface area contributed by atoms with E-state index in [2.05, 4.69) is 50.4 Å². The molecule has 0 fully saturated rings. The molecule has 7 heteroatoms. The van der Waals surface area contributed by atoms with Crippen molar-refractivity contribution in [1.82, 2.24) is 5.43 Å². The van der Waals surface area contributed by atoms with Crippen molar-refractivity contribution >= 4 is 40.4 Å². The third-order valence-electron chi connectivity index (χ3n) is 5.03. The summed E-state index contributed by atoms with van der Waals surface area (Å²) in [5, 5.41) is 5.32. The molecule has 3 aromatic rings. The number of nitrogens with one attached hydrogen (secondary N) is 1. The minimum atomic E-state index is 0.294. The first-order valence-electron chi connectivity index (χ1n) is 10.7. The number of nitrogens with zero attached hydrogens (tertiary/aromatic N) is 1. The zero-order valence-corrected chi connectivity index (χ0v) is 21.8. The Bertz CT molecular complexity index is 1090. The van der Waals surface area contributed by atoms with Gasteiger partial charge in [-0.1, -0.05) is 76.9 Å². The first kappa shape index (κ1) is 26.2. The van der Waals surface area contributed by atoms with E-state index in [-0.39, 0.29) is 0 Å². The number of nitrogens with two attached hydrogens (primary N) is 2. The van der Waals surface area contributed by atoms with E-state index < -0.39 is 0 Å². The molecule has 0 saturated carbocycles. The van der Waals surface area contributed by atoms with Gasteiger partial charge in [0.15, 0.2) is 5.84 Å². The van der Waals surface area contributed by atoms with Crippen LogP contribution in [0.3, 0.4) is 0 Å². The van der Waals surface area contributed by atoms with Gasteiger partial charge in [0.05, 0.1) is 0 Å². The van der Waals surface area contributed by atoms with Crippen molar-refractivity contribution in [3.8, 4) is 20.9 Å². The lowest BCUT2D eigenvalue weighted by atomic mass is 9.94. The molecule has 172 valence electrons. The van der Waals surface area contributed by atoms with Crippen LogP contribution in [-0.4, -0.2) is 5.84 Å². The summed E-state index contributed by atoms with van der Waals surface area (Å²) in [4.78, 5) is 2.14. The summed E-state index contributed by atoms with van der Waals surface area (Å²) in [5.74, 6) is 12.4. The van der Waals surface area contributed by atoms with Crippen LogP contribution in [0, 0.1) is 0 Å². The van der Waals surface area contributed by atoms with Gasteiger partial charge in [-0.15, -0.1) is 11.3 Å². The fourth-order valence-electron chi connectivity index (χ4n) is 3.54. The predicted octanol–water partition coefficient (Wildman–Crippen LogP) is 7.75. The lowest BCUT2D eigenvalue weighted by Gasteiger charge is -2.14. The number of benzene rings is 2. The second-order valence-electron chi connectivity index (χ2n) is 7.75. The molecule has 0 saturated heterocycles. The molecule has 0 bridgehead atoms. The Morgan fingerprint density at radius 1 is 0.875 bits per heavy atom. The summed E-state index contributed by atoms with van der Waals surface area (Å²) >= 11 is 14.2. The van der Waals surface area contributed by atoms with Gasteiger partial charge in [0, 0.05) is 25.4 Å². The summed E-state index contributed by atoms with van der Waals surface area (Å²) in [6.07, 6.45) is 0. The van der Waals surface area contributed by atoms with Crippen molar-refractivity contribution in [3.05, 3.63) is 69.2 Å². The Morgan fingerprint density at radius 3 is 1.84 bits per heavy atom. The zero-order valence-electron chi connectivity index (χ0n) is 19.5. The highest BCUT2D eigenvalue weighted by Crippen LogP contribution is 2.44. The van der Waals surface area contributed by atoms with Gasteiger partial charge >= 0.3 is 0 Å². The van der Waals surface area contributed by atoms with Gasteiger partial charge < -0.3 is 11.3 Å². The number of rotatable bonds is 5. The second kappa shape index (κ2) is 11.7. The van der Waals surface area contributed by atoms with Crippen molar-refractivity contribution in [3.63, 3.8) is 0 Å². The van der Waals surface area contributed by atoms with Gasteiger partial charge in [0.1, 0.15) is 0 Å². The molecule has 32 heavy (non-hydrogen) atoms. The Kier molecular flexibility index (Phi) is 9.59. The number of hydrazine groups is 1. The second-order valence-corrected chi connectivity index (χ2v) is 9.67. The van der Waals surface area contributed by atoms with Crippen molar-refractivity contribution in [1.29, 1.82) is 0 Å². The Morgan fingerprint density at radius 2 is 1.38 bits per heavy atom. The lowest BCUT2D eigenvalue weighted by molar-refractivity contribution is 0.869. The SMILES string of the molecule is CC.CC(C)c1cc(Cl)ccc1-c1cc(/C(=N/N)NN)c(-c2ccc(Cl)cc2C(C)C)s1. The van der Waals surface area contributed by atoms with Gasteiger partial charge in [-0.3, -0.25) is 0 Å². The first-order valence-corrected chi connectivity index (χ1v) is 12.3. The fraction of sp³-hybridized carbons (Fsp3) is 0.320. The quantitative estimate of drug-likeness (QED) is 0.148. The standard InChI is InChI=1S/C23H26Cl2N4S.C2H6/c1-12(2)18-9-14(24)5-7-16(18)21-11-20(23(28-26)29-27)22(30-21)17-8-6-15(25)10-19(17)13(3)4;1-2/h5-13H,26-27H2,1-4H3,(H,28,29);1-2H3. The van der Waals surface area contributed by atoms with Gasteiger partial charge in [-0.2, -0.15) is 5.10 Å². The van der Waals surface area contributed by atoms with Crippen molar-refractivity contribution in [2.75, 3.05) is 0 Å². The average molecular weight is 492 g/mol. The molecule has 1 heterocycles. The molecular formula is C25H32Cl2N4S. The average Bonchev–Trinajstić information content (AvgIpc) is 3.20. The molecule has 1 aromatic heterocycles. The molecule has 0 amide bonds. The lowest BCUT2D eigenvalue weighted by Crippen LogP contribution is -2.32. The van der Waals surface area contributed by atoms with E-state index in [9.17, 15) is 0 Å². The van der Waals surface area contributed by atoms with Crippen LogP contribution >= 0.6 is 34.5 Å². The highest BCUT2D eigenvalue weighted by atomic mass is 35.5. The van der Waals surface area contributed by atoms with Crippen molar-refractivity contribution in [2.24, 2.45) is 16.8 Å². The molecule has 0 aliphatic heterocycles. The van der Waals surface area contributed by atoms with E-state index in [1.54, 1.807) is 11.3 Å². The third kappa shape index (κ3) is 5.65. The molecule has 2 aromatic carbocycles. The maximum Gasteiger partial charge on any atom is 0.168 e. The minimum Gasteiger partial charge on any atom is -0.321 e. The molecule has 0 aliphatic rings. The predicted molar refractivity (Wildman–Crippen MR) is 143 cm³/mol. The fourth-order valence-corrected chi connectivity index (χ4v) is 5.15. The Hall–Kier alpha value is -2.05. The molecule has 0 radical (unpaired) electrons. The molecule has 0 atom stereocenters. The highest BCUT2D eigenvalue weighted by Gasteiger charge is 2.21. The maximum absolute atomic E-state index is 6.29. The summed E-state index contributed by atoms with van der Waals surface area (Å²) in [6, 6.07) is 14.1. The smallest absolute Gasteiger partial charge is 0.168 e. The molecule has 5 N–H and O–H groups in total. The molecule has 0 unspecified atom stereocenters. The summed E-state index contributed by atoms with van der Waals surface area (Å²) in [7, 11) is 0. The van der Waals surface area contributed by atoms with Crippen LogP contribution in [0.25, 0.3) is 20.9 Å². The van der Waals surface area contributed by atoms with E-state index >= 15 is 0 Å². The van der Waals surface area contributed by atoms with Crippen LogP contribution in [0.15, 0.2) is 47.6 Å². The molecule has 3 rings (SSSR count). The van der Waals surface area contributed by atoms with Crippen molar-refractivity contribution in [2.45, 2.75) is 53.4 Å². The van der Waals surface area contributed by atoms with Crippen LogP contribution in [0.5, 0.6) is 0 Å². The molecule has 4 nitrogen and oxygen atoms in total. The number of hydrazone groups is 1. The number of thiophene rings is 1. The Labute approximate surface area is 205 Å². The van der Waals surface area contributed by atoms with E-state index in [0.717, 1.165) is 37.0 Å². The van der Waals surface area contributed by atoms with Crippen LogP contribution in [-0.2, 0) is 0 Å². The van der Waals surface area contributed by atoms with Gasteiger partial charge in [0.25, 0.3) is 0 Å². The van der Waals surface area contributed by atoms with Gasteiger partial charge in [0.2, 0.25) is 0 Å². The molecule has 0 spiro atoms. The van der Waals surface area contributed by atoms with E-state index in [0.29, 0.717) is 22.7 Å². The molecule has 0 aliphatic carbocycles.